The summed E-state index contributed by atoms with van der Waals surface area (Å²) in [4.78, 5) is 16.9. The number of hydrogen-bond acceptors (Lipinski definition) is 4. The van der Waals surface area contributed by atoms with Gasteiger partial charge in [-0.15, -0.1) is 11.3 Å². The Balaban J connectivity index is 1.38. The summed E-state index contributed by atoms with van der Waals surface area (Å²) < 4.78 is 2.26. The number of para-hydroxylation sites is 1. The SMILES string of the molecule is O=c1cc(NCC2CCC[C@@H]2NCc2cc(Br)c(Br)s2)[nH]c2ccccc12. The maximum Gasteiger partial charge on any atom is 0.191 e. The summed E-state index contributed by atoms with van der Waals surface area (Å²) in [5.74, 6) is 1.36. The molecule has 1 unspecified atom stereocenters. The van der Waals surface area contributed by atoms with Crippen LogP contribution >= 0.6 is 43.2 Å². The number of nitrogens with one attached hydrogen (secondary N) is 3. The van der Waals surface area contributed by atoms with Crippen molar-refractivity contribution in [3.05, 3.63) is 59.8 Å². The fraction of sp³-hybridized carbons (Fsp3) is 0.350. The van der Waals surface area contributed by atoms with Gasteiger partial charge >= 0.3 is 0 Å². The van der Waals surface area contributed by atoms with Crippen molar-refractivity contribution in [3.8, 4) is 0 Å². The van der Waals surface area contributed by atoms with Crippen molar-refractivity contribution in [1.82, 2.24) is 10.3 Å². The average Bonchev–Trinajstić information content (AvgIpc) is 3.24. The Morgan fingerprint density at radius 3 is 2.85 bits per heavy atom. The molecular weight excluding hydrogens is 490 g/mol. The van der Waals surface area contributed by atoms with Crippen LogP contribution in [0.5, 0.6) is 0 Å². The number of thiophene rings is 1. The van der Waals surface area contributed by atoms with E-state index in [0.29, 0.717) is 12.0 Å². The second kappa shape index (κ2) is 8.47. The molecule has 0 aliphatic heterocycles. The zero-order chi connectivity index (χ0) is 18.8. The van der Waals surface area contributed by atoms with E-state index in [1.54, 1.807) is 17.4 Å². The van der Waals surface area contributed by atoms with Gasteiger partial charge in [-0.05, 0) is 68.8 Å². The maximum atomic E-state index is 12.3. The van der Waals surface area contributed by atoms with E-state index >= 15 is 0 Å². The number of halogens is 2. The third-order valence-corrected chi connectivity index (χ3v) is 8.44. The van der Waals surface area contributed by atoms with Crippen LogP contribution < -0.4 is 16.1 Å². The Labute approximate surface area is 179 Å². The zero-order valence-electron chi connectivity index (χ0n) is 14.7. The molecule has 0 saturated heterocycles. The van der Waals surface area contributed by atoms with Gasteiger partial charge in [-0.3, -0.25) is 4.79 Å². The van der Waals surface area contributed by atoms with Crippen molar-refractivity contribution in [2.75, 3.05) is 11.9 Å². The first kappa shape index (κ1) is 19.2. The van der Waals surface area contributed by atoms with Gasteiger partial charge in [-0.25, -0.2) is 0 Å². The summed E-state index contributed by atoms with van der Waals surface area (Å²) in [6.45, 7) is 1.76. The molecule has 3 N–H and O–H groups in total. The van der Waals surface area contributed by atoms with Gasteiger partial charge in [0.25, 0.3) is 0 Å². The molecule has 1 aromatic carbocycles. The minimum Gasteiger partial charge on any atom is -0.371 e. The van der Waals surface area contributed by atoms with Crippen LogP contribution in [0.25, 0.3) is 10.9 Å². The molecule has 0 bridgehead atoms. The molecule has 0 radical (unpaired) electrons. The lowest BCUT2D eigenvalue weighted by molar-refractivity contribution is 0.415. The van der Waals surface area contributed by atoms with Crippen molar-refractivity contribution >= 4 is 59.9 Å². The van der Waals surface area contributed by atoms with Crippen LogP contribution in [0.15, 0.2) is 49.5 Å². The molecule has 2 aromatic heterocycles. The second-order valence-corrected chi connectivity index (χ2v) is 10.3. The van der Waals surface area contributed by atoms with Gasteiger partial charge in [0.05, 0.1) is 9.30 Å². The summed E-state index contributed by atoms with van der Waals surface area (Å²) in [6, 6.07) is 12.0. The van der Waals surface area contributed by atoms with E-state index in [2.05, 4.69) is 53.5 Å². The highest BCUT2D eigenvalue weighted by Gasteiger charge is 2.26. The Kier molecular flexibility index (Phi) is 6.02. The third-order valence-electron chi connectivity index (χ3n) is 5.19. The molecule has 4 nitrogen and oxygen atoms in total. The Morgan fingerprint density at radius 1 is 1.19 bits per heavy atom. The number of hydrogen-bond donors (Lipinski definition) is 3. The highest BCUT2D eigenvalue weighted by atomic mass is 79.9. The van der Waals surface area contributed by atoms with Crippen molar-refractivity contribution in [1.29, 1.82) is 0 Å². The van der Waals surface area contributed by atoms with Crippen molar-refractivity contribution in [2.45, 2.75) is 31.8 Å². The van der Waals surface area contributed by atoms with Crippen molar-refractivity contribution in [3.63, 3.8) is 0 Å². The summed E-state index contributed by atoms with van der Waals surface area (Å²) in [6.07, 6.45) is 3.66. The molecule has 1 aliphatic carbocycles. The molecule has 27 heavy (non-hydrogen) atoms. The average molecular weight is 511 g/mol. The first-order valence-corrected chi connectivity index (χ1v) is 11.5. The van der Waals surface area contributed by atoms with Crippen LogP contribution in [0.2, 0.25) is 0 Å². The first-order chi connectivity index (χ1) is 13.1. The summed E-state index contributed by atoms with van der Waals surface area (Å²) in [7, 11) is 0. The topological polar surface area (TPSA) is 56.9 Å². The van der Waals surface area contributed by atoms with Crippen molar-refractivity contribution in [2.24, 2.45) is 5.92 Å². The molecule has 2 heterocycles. The van der Waals surface area contributed by atoms with Gasteiger partial charge in [-0.1, -0.05) is 18.6 Å². The molecule has 1 fully saturated rings. The van der Waals surface area contributed by atoms with Crippen LogP contribution in [-0.4, -0.2) is 17.6 Å². The van der Waals surface area contributed by atoms with Gasteiger partial charge in [0, 0.05) is 39.9 Å². The normalized spacial score (nSPS) is 19.6. The molecule has 142 valence electrons. The molecule has 1 saturated carbocycles. The van der Waals surface area contributed by atoms with Crippen LogP contribution in [0.4, 0.5) is 5.82 Å². The van der Waals surface area contributed by atoms with E-state index in [1.807, 2.05) is 24.3 Å². The number of aromatic amines is 1. The molecule has 0 amide bonds. The lowest BCUT2D eigenvalue weighted by Crippen LogP contribution is -2.35. The van der Waals surface area contributed by atoms with Crippen LogP contribution in [0, 0.1) is 5.92 Å². The highest BCUT2D eigenvalue weighted by Crippen LogP contribution is 2.33. The number of fused-ring (bicyclic) bond motifs is 1. The van der Waals surface area contributed by atoms with E-state index in [-0.39, 0.29) is 5.43 Å². The fourth-order valence-corrected chi connectivity index (χ4v) is 5.92. The first-order valence-electron chi connectivity index (χ1n) is 9.13. The smallest absolute Gasteiger partial charge is 0.191 e. The number of H-pyrrole nitrogens is 1. The minimum atomic E-state index is 0.0572. The number of rotatable bonds is 6. The lowest BCUT2D eigenvalue weighted by atomic mass is 10.0. The van der Waals surface area contributed by atoms with Gasteiger partial charge in [0.15, 0.2) is 5.43 Å². The second-order valence-electron chi connectivity index (χ2n) is 6.99. The number of anilines is 1. The standard InChI is InChI=1S/C20H21Br2N3OS/c21-15-8-13(27-20(15)22)11-23-16-7-3-4-12(16)10-24-19-9-18(26)14-5-1-2-6-17(14)25-19/h1-2,5-6,8-9,12,16,23H,3-4,7,10-11H2,(H2,24,25,26)/t12?,16-/m0/s1. The Bertz CT molecular complexity index is 981. The predicted octanol–water partition coefficient (Wildman–Crippen LogP) is 5.49. The molecule has 0 spiro atoms. The molecule has 4 rings (SSSR count). The van der Waals surface area contributed by atoms with E-state index in [0.717, 1.165) is 38.1 Å². The van der Waals surface area contributed by atoms with Gasteiger partial charge in [0.2, 0.25) is 0 Å². The number of benzene rings is 1. The Hall–Kier alpha value is -1.15. The highest BCUT2D eigenvalue weighted by molar-refractivity contribution is 9.13. The Morgan fingerprint density at radius 2 is 2.04 bits per heavy atom. The number of pyridine rings is 1. The van der Waals surface area contributed by atoms with E-state index in [1.165, 1.54) is 24.1 Å². The molecule has 7 heteroatoms. The summed E-state index contributed by atoms with van der Waals surface area (Å²) in [5, 5.41) is 7.91. The molecule has 1 aliphatic rings. The lowest BCUT2D eigenvalue weighted by Gasteiger charge is -2.21. The van der Waals surface area contributed by atoms with Gasteiger partial charge in [0.1, 0.15) is 5.82 Å². The van der Waals surface area contributed by atoms with Crippen LogP contribution in [0.1, 0.15) is 24.1 Å². The van der Waals surface area contributed by atoms with Crippen molar-refractivity contribution < 1.29 is 0 Å². The van der Waals surface area contributed by atoms with Crippen LogP contribution in [0.3, 0.4) is 0 Å². The minimum absolute atomic E-state index is 0.0572. The maximum absolute atomic E-state index is 12.3. The zero-order valence-corrected chi connectivity index (χ0v) is 18.7. The van der Waals surface area contributed by atoms with Gasteiger partial charge in [-0.2, -0.15) is 0 Å². The largest absolute Gasteiger partial charge is 0.371 e. The van der Waals surface area contributed by atoms with E-state index in [9.17, 15) is 4.79 Å². The molecular formula is C20H21Br2N3OS. The summed E-state index contributed by atoms with van der Waals surface area (Å²) >= 11 is 8.88. The van der Waals surface area contributed by atoms with E-state index in [4.69, 9.17) is 0 Å². The van der Waals surface area contributed by atoms with Gasteiger partial charge < -0.3 is 15.6 Å². The van der Waals surface area contributed by atoms with Crippen LogP contribution in [-0.2, 0) is 6.54 Å². The third kappa shape index (κ3) is 4.47. The monoisotopic (exact) mass is 509 g/mol. The fourth-order valence-electron chi connectivity index (χ4n) is 3.79. The summed E-state index contributed by atoms with van der Waals surface area (Å²) in [5.41, 5.74) is 0.934. The molecule has 2 atom stereocenters. The predicted molar refractivity (Wildman–Crippen MR) is 121 cm³/mol. The number of aromatic nitrogens is 1. The van der Waals surface area contributed by atoms with E-state index < -0.39 is 0 Å². The molecule has 3 aromatic rings. The quantitative estimate of drug-likeness (QED) is 0.411.